The standard InChI is InChI=1S/C17H25N3O4/c1-17(2,3)24-16(21)19-10-6-7-13(12-19)11-18-14-8-4-5-9-15(14)20(22)23/h4-5,8-9,13,18H,6-7,10-12H2,1-3H3. The number of likely N-dealkylation sites (tertiary alicyclic amines) is 1. The quantitative estimate of drug-likeness (QED) is 0.670. The Labute approximate surface area is 142 Å². The van der Waals surface area contributed by atoms with E-state index in [1.165, 1.54) is 6.07 Å². The maximum atomic E-state index is 12.2. The summed E-state index contributed by atoms with van der Waals surface area (Å²) in [5.41, 5.74) is 0.0709. The monoisotopic (exact) mass is 335 g/mol. The highest BCUT2D eigenvalue weighted by Gasteiger charge is 2.27. The Morgan fingerprint density at radius 3 is 2.79 bits per heavy atom. The van der Waals surface area contributed by atoms with Crippen molar-refractivity contribution in [2.75, 3.05) is 25.0 Å². The predicted molar refractivity (Wildman–Crippen MR) is 92.1 cm³/mol. The molecule has 24 heavy (non-hydrogen) atoms. The molecule has 1 aromatic rings. The molecule has 1 fully saturated rings. The van der Waals surface area contributed by atoms with Gasteiger partial charge in [0.2, 0.25) is 0 Å². The average molecular weight is 335 g/mol. The van der Waals surface area contributed by atoms with Crippen molar-refractivity contribution in [2.24, 2.45) is 5.92 Å². The summed E-state index contributed by atoms with van der Waals surface area (Å²) < 4.78 is 5.42. The van der Waals surface area contributed by atoms with E-state index in [9.17, 15) is 14.9 Å². The average Bonchev–Trinajstić information content (AvgIpc) is 2.52. The van der Waals surface area contributed by atoms with Gasteiger partial charge in [-0.05, 0) is 45.6 Å². The van der Waals surface area contributed by atoms with Crippen molar-refractivity contribution in [1.29, 1.82) is 0 Å². The number of anilines is 1. The molecule has 0 aliphatic carbocycles. The third-order valence-electron chi connectivity index (χ3n) is 3.85. The summed E-state index contributed by atoms with van der Waals surface area (Å²) in [5, 5.41) is 14.2. The van der Waals surface area contributed by atoms with Gasteiger partial charge >= 0.3 is 6.09 Å². The van der Waals surface area contributed by atoms with Crippen LogP contribution in [0.15, 0.2) is 24.3 Å². The zero-order valence-electron chi connectivity index (χ0n) is 14.4. The van der Waals surface area contributed by atoms with Gasteiger partial charge in [-0.1, -0.05) is 12.1 Å². The van der Waals surface area contributed by atoms with Crippen molar-refractivity contribution < 1.29 is 14.5 Å². The maximum Gasteiger partial charge on any atom is 0.410 e. The minimum atomic E-state index is -0.507. The second-order valence-corrected chi connectivity index (χ2v) is 7.09. The van der Waals surface area contributed by atoms with Gasteiger partial charge in [-0.15, -0.1) is 0 Å². The molecule has 0 aromatic heterocycles. The van der Waals surface area contributed by atoms with E-state index in [-0.39, 0.29) is 17.7 Å². The molecule has 1 N–H and O–H groups in total. The van der Waals surface area contributed by atoms with E-state index >= 15 is 0 Å². The van der Waals surface area contributed by atoms with Crippen molar-refractivity contribution in [3.8, 4) is 0 Å². The molecule has 1 aliphatic rings. The van der Waals surface area contributed by atoms with Crippen molar-refractivity contribution in [3.05, 3.63) is 34.4 Å². The Hall–Kier alpha value is -2.31. The van der Waals surface area contributed by atoms with Gasteiger partial charge in [0, 0.05) is 25.7 Å². The minimum absolute atomic E-state index is 0.0670. The van der Waals surface area contributed by atoms with Crippen molar-refractivity contribution in [2.45, 2.75) is 39.2 Å². The highest BCUT2D eigenvalue weighted by Crippen LogP contribution is 2.25. The lowest BCUT2D eigenvalue weighted by molar-refractivity contribution is -0.384. The number of nitrogens with one attached hydrogen (secondary N) is 1. The number of benzene rings is 1. The molecule has 1 unspecified atom stereocenters. The van der Waals surface area contributed by atoms with Crippen LogP contribution in [0.25, 0.3) is 0 Å². The van der Waals surface area contributed by atoms with Crippen LogP contribution in [0.1, 0.15) is 33.6 Å². The Bertz CT molecular complexity index is 598. The van der Waals surface area contributed by atoms with Crippen LogP contribution < -0.4 is 5.32 Å². The van der Waals surface area contributed by atoms with Crippen LogP contribution in [0.2, 0.25) is 0 Å². The molecule has 7 heteroatoms. The molecular weight excluding hydrogens is 310 g/mol. The summed E-state index contributed by atoms with van der Waals surface area (Å²) in [7, 11) is 0. The molecule has 1 aliphatic heterocycles. The minimum Gasteiger partial charge on any atom is -0.444 e. The molecule has 1 saturated heterocycles. The number of ether oxygens (including phenoxy) is 1. The number of rotatable bonds is 4. The summed E-state index contributed by atoms with van der Waals surface area (Å²) in [5.74, 6) is 0.242. The molecule has 0 bridgehead atoms. The molecule has 132 valence electrons. The summed E-state index contributed by atoms with van der Waals surface area (Å²) in [6, 6.07) is 6.60. The fourth-order valence-corrected chi connectivity index (χ4v) is 2.76. The fraction of sp³-hybridized carbons (Fsp3) is 0.588. The summed E-state index contributed by atoms with van der Waals surface area (Å²) in [6.45, 7) is 7.43. The number of piperidine rings is 1. The van der Waals surface area contributed by atoms with Crippen LogP contribution in [0.4, 0.5) is 16.2 Å². The van der Waals surface area contributed by atoms with Crippen molar-refractivity contribution in [1.82, 2.24) is 4.90 Å². The number of para-hydroxylation sites is 2. The Morgan fingerprint density at radius 2 is 2.12 bits per heavy atom. The van der Waals surface area contributed by atoms with E-state index in [1.54, 1.807) is 23.1 Å². The van der Waals surface area contributed by atoms with Crippen LogP contribution in [0, 0.1) is 16.0 Å². The van der Waals surface area contributed by atoms with Gasteiger partial charge in [0.25, 0.3) is 5.69 Å². The Morgan fingerprint density at radius 1 is 1.42 bits per heavy atom. The SMILES string of the molecule is CC(C)(C)OC(=O)N1CCCC(CNc2ccccc2[N+](=O)[O-])C1. The van der Waals surface area contributed by atoms with E-state index < -0.39 is 10.5 Å². The first-order valence-corrected chi connectivity index (χ1v) is 8.21. The van der Waals surface area contributed by atoms with E-state index in [0.29, 0.717) is 25.3 Å². The fourth-order valence-electron chi connectivity index (χ4n) is 2.76. The highest BCUT2D eigenvalue weighted by molar-refractivity contribution is 5.68. The van der Waals surface area contributed by atoms with E-state index in [0.717, 1.165) is 12.8 Å². The summed E-state index contributed by atoms with van der Waals surface area (Å²) in [4.78, 5) is 24.5. The summed E-state index contributed by atoms with van der Waals surface area (Å²) >= 11 is 0. The third-order valence-corrected chi connectivity index (χ3v) is 3.85. The number of amides is 1. The number of nitrogens with zero attached hydrogens (tertiary/aromatic N) is 2. The first-order chi connectivity index (χ1) is 11.3. The number of hydrogen-bond donors (Lipinski definition) is 1. The van der Waals surface area contributed by atoms with Gasteiger partial charge < -0.3 is 15.0 Å². The first kappa shape index (κ1) is 18.0. The molecule has 0 radical (unpaired) electrons. The lowest BCUT2D eigenvalue weighted by Gasteiger charge is -2.34. The molecule has 1 amide bonds. The van der Waals surface area contributed by atoms with Gasteiger partial charge in [-0.2, -0.15) is 0 Å². The van der Waals surface area contributed by atoms with E-state index in [2.05, 4.69) is 5.32 Å². The molecular formula is C17H25N3O4. The molecule has 0 saturated carbocycles. The highest BCUT2D eigenvalue weighted by atomic mass is 16.6. The summed E-state index contributed by atoms with van der Waals surface area (Å²) in [6.07, 6.45) is 1.59. The lowest BCUT2D eigenvalue weighted by atomic mass is 9.98. The van der Waals surface area contributed by atoms with Gasteiger partial charge in [0.15, 0.2) is 0 Å². The van der Waals surface area contributed by atoms with Gasteiger partial charge in [-0.3, -0.25) is 10.1 Å². The molecule has 1 aromatic carbocycles. The number of carbonyl (C=O) groups excluding carboxylic acids is 1. The third kappa shape index (κ3) is 5.11. The topological polar surface area (TPSA) is 84.7 Å². The predicted octanol–water partition coefficient (Wildman–Crippen LogP) is 3.65. The van der Waals surface area contributed by atoms with E-state index in [4.69, 9.17) is 4.74 Å². The van der Waals surface area contributed by atoms with Crippen LogP contribution >= 0.6 is 0 Å². The van der Waals surface area contributed by atoms with Crippen LogP contribution in [-0.4, -0.2) is 41.2 Å². The van der Waals surface area contributed by atoms with E-state index in [1.807, 2.05) is 20.8 Å². The van der Waals surface area contributed by atoms with Gasteiger partial charge in [0.05, 0.1) is 4.92 Å². The zero-order valence-corrected chi connectivity index (χ0v) is 14.4. The van der Waals surface area contributed by atoms with Crippen LogP contribution in [-0.2, 0) is 4.74 Å². The number of nitro groups is 1. The van der Waals surface area contributed by atoms with Crippen molar-refractivity contribution in [3.63, 3.8) is 0 Å². The maximum absolute atomic E-state index is 12.2. The molecule has 1 heterocycles. The van der Waals surface area contributed by atoms with Gasteiger partial charge in [0.1, 0.15) is 11.3 Å². The smallest absolute Gasteiger partial charge is 0.410 e. The lowest BCUT2D eigenvalue weighted by Crippen LogP contribution is -2.44. The molecule has 2 rings (SSSR count). The zero-order chi connectivity index (χ0) is 17.7. The second-order valence-electron chi connectivity index (χ2n) is 7.09. The second kappa shape index (κ2) is 7.51. The van der Waals surface area contributed by atoms with Crippen molar-refractivity contribution >= 4 is 17.5 Å². The normalized spacial score (nSPS) is 18.1. The molecule has 1 atom stereocenters. The largest absolute Gasteiger partial charge is 0.444 e. The Kier molecular flexibility index (Phi) is 5.64. The van der Waals surface area contributed by atoms with Crippen LogP contribution in [0.5, 0.6) is 0 Å². The number of hydrogen-bond acceptors (Lipinski definition) is 5. The van der Waals surface area contributed by atoms with Crippen LogP contribution in [0.3, 0.4) is 0 Å². The number of nitro benzene ring substituents is 1. The molecule has 7 nitrogen and oxygen atoms in total. The van der Waals surface area contributed by atoms with Gasteiger partial charge in [-0.25, -0.2) is 4.79 Å². The number of carbonyl (C=O) groups is 1. The molecule has 0 spiro atoms. The first-order valence-electron chi connectivity index (χ1n) is 8.21. The Balaban J connectivity index is 1.92.